The number of hydrogen-bond acceptors (Lipinski definition) is 3. The van der Waals surface area contributed by atoms with E-state index in [4.69, 9.17) is 9.47 Å². The van der Waals surface area contributed by atoms with Crippen LogP contribution in [0, 0.1) is 0 Å². The smallest absolute Gasteiger partial charge is 0.308 e. The van der Waals surface area contributed by atoms with Crippen LogP contribution in [-0.2, 0) is 4.79 Å². The highest BCUT2D eigenvalue weighted by Gasteiger charge is 2.03. The number of benzene rings is 1. The lowest BCUT2D eigenvalue weighted by Gasteiger charge is -2.13. The Hall–Kier alpha value is -1.51. The molecular formula is C13H18O3. The van der Waals surface area contributed by atoms with Crippen molar-refractivity contribution in [2.45, 2.75) is 39.7 Å². The van der Waals surface area contributed by atoms with Crippen molar-refractivity contribution >= 4 is 5.97 Å². The van der Waals surface area contributed by atoms with Gasteiger partial charge in [-0.05, 0) is 37.6 Å². The zero-order chi connectivity index (χ0) is 12.0. The molecule has 3 nitrogen and oxygen atoms in total. The summed E-state index contributed by atoms with van der Waals surface area (Å²) in [5.41, 5.74) is 0. The van der Waals surface area contributed by atoms with Gasteiger partial charge in [0.15, 0.2) is 0 Å². The molecule has 0 aliphatic carbocycles. The van der Waals surface area contributed by atoms with Gasteiger partial charge in [-0.2, -0.15) is 0 Å². The molecule has 0 radical (unpaired) electrons. The van der Waals surface area contributed by atoms with Gasteiger partial charge < -0.3 is 9.47 Å². The summed E-state index contributed by atoms with van der Waals surface area (Å²) in [4.78, 5) is 10.7. The molecule has 0 saturated heterocycles. The summed E-state index contributed by atoms with van der Waals surface area (Å²) in [5.74, 6) is 1.04. The van der Waals surface area contributed by atoms with E-state index in [0.717, 1.165) is 18.6 Å². The molecule has 0 saturated carbocycles. The SMILES string of the molecule is CCCC(C)Oc1ccc(OC(C)=O)cc1. The Balaban J connectivity index is 2.54. The summed E-state index contributed by atoms with van der Waals surface area (Å²) in [5, 5.41) is 0. The third-order valence-corrected chi connectivity index (χ3v) is 2.12. The molecule has 1 aromatic carbocycles. The van der Waals surface area contributed by atoms with Crippen molar-refractivity contribution in [1.82, 2.24) is 0 Å². The van der Waals surface area contributed by atoms with Crippen LogP contribution in [0.4, 0.5) is 0 Å². The average molecular weight is 222 g/mol. The maximum Gasteiger partial charge on any atom is 0.308 e. The molecule has 3 heteroatoms. The van der Waals surface area contributed by atoms with Gasteiger partial charge in [0.25, 0.3) is 0 Å². The second-order valence-corrected chi connectivity index (χ2v) is 3.78. The topological polar surface area (TPSA) is 35.5 Å². The minimum Gasteiger partial charge on any atom is -0.491 e. The highest BCUT2D eigenvalue weighted by atomic mass is 16.5. The molecule has 0 aromatic heterocycles. The molecule has 0 heterocycles. The monoisotopic (exact) mass is 222 g/mol. The maximum atomic E-state index is 10.7. The first-order chi connectivity index (χ1) is 7.61. The molecule has 16 heavy (non-hydrogen) atoms. The Labute approximate surface area is 96.4 Å². The van der Waals surface area contributed by atoms with Gasteiger partial charge in [0, 0.05) is 6.92 Å². The van der Waals surface area contributed by atoms with Crippen LogP contribution in [0.1, 0.15) is 33.6 Å². The third kappa shape index (κ3) is 4.34. The number of carbonyl (C=O) groups is 1. The fraction of sp³-hybridized carbons (Fsp3) is 0.462. The maximum absolute atomic E-state index is 10.7. The van der Waals surface area contributed by atoms with E-state index in [9.17, 15) is 4.79 Å². The van der Waals surface area contributed by atoms with Gasteiger partial charge in [-0.3, -0.25) is 4.79 Å². The van der Waals surface area contributed by atoms with Crippen molar-refractivity contribution in [2.75, 3.05) is 0 Å². The Bertz CT molecular complexity index is 330. The van der Waals surface area contributed by atoms with Crippen molar-refractivity contribution in [3.8, 4) is 11.5 Å². The first-order valence-electron chi connectivity index (χ1n) is 5.57. The summed E-state index contributed by atoms with van der Waals surface area (Å²) in [6, 6.07) is 7.08. The van der Waals surface area contributed by atoms with E-state index in [2.05, 4.69) is 6.92 Å². The Morgan fingerprint density at radius 2 is 1.81 bits per heavy atom. The number of hydrogen-bond donors (Lipinski definition) is 0. The van der Waals surface area contributed by atoms with E-state index >= 15 is 0 Å². The van der Waals surface area contributed by atoms with E-state index in [-0.39, 0.29) is 12.1 Å². The van der Waals surface area contributed by atoms with Crippen LogP contribution in [0.25, 0.3) is 0 Å². The molecule has 1 atom stereocenters. The molecule has 0 aliphatic heterocycles. The Morgan fingerprint density at radius 3 is 2.31 bits per heavy atom. The quantitative estimate of drug-likeness (QED) is 0.567. The molecule has 0 fully saturated rings. The zero-order valence-corrected chi connectivity index (χ0v) is 10.0. The van der Waals surface area contributed by atoms with Gasteiger partial charge in [0.2, 0.25) is 0 Å². The van der Waals surface area contributed by atoms with Crippen LogP contribution >= 0.6 is 0 Å². The van der Waals surface area contributed by atoms with E-state index in [1.165, 1.54) is 6.92 Å². The van der Waals surface area contributed by atoms with Crippen LogP contribution in [0.15, 0.2) is 24.3 Å². The summed E-state index contributed by atoms with van der Waals surface area (Å²) >= 11 is 0. The van der Waals surface area contributed by atoms with Crippen LogP contribution < -0.4 is 9.47 Å². The van der Waals surface area contributed by atoms with Gasteiger partial charge in [0.05, 0.1) is 6.10 Å². The van der Waals surface area contributed by atoms with Crippen molar-refractivity contribution < 1.29 is 14.3 Å². The molecule has 1 aromatic rings. The standard InChI is InChI=1S/C13H18O3/c1-4-5-10(2)15-12-6-8-13(9-7-12)16-11(3)14/h6-10H,4-5H2,1-3H3. The van der Waals surface area contributed by atoms with Crippen LogP contribution in [0.2, 0.25) is 0 Å². The lowest BCUT2D eigenvalue weighted by atomic mass is 10.2. The number of esters is 1. The van der Waals surface area contributed by atoms with E-state index in [0.29, 0.717) is 5.75 Å². The molecule has 0 aliphatic rings. The summed E-state index contributed by atoms with van der Waals surface area (Å²) < 4.78 is 10.6. The summed E-state index contributed by atoms with van der Waals surface area (Å²) in [6.45, 7) is 5.56. The first kappa shape index (κ1) is 12.6. The lowest BCUT2D eigenvalue weighted by Crippen LogP contribution is -2.10. The van der Waals surface area contributed by atoms with Crippen LogP contribution in [-0.4, -0.2) is 12.1 Å². The fourth-order valence-corrected chi connectivity index (χ4v) is 1.45. The van der Waals surface area contributed by atoms with Gasteiger partial charge >= 0.3 is 5.97 Å². The van der Waals surface area contributed by atoms with Gasteiger partial charge in [0.1, 0.15) is 11.5 Å². The van der Waals surface area contributed by atoms with Crippen LogP contribution in [0.3, 0.4) is 0 Å². The minimum atomic E-state index is -0.312. The summed E-state index contributed by atoms with van der Waals surface area (Å²) in [7, 11) is 0. The van der Waals surface area contributed by atoms with Crippen molar-refractivity contribution in [1.29, 1.82) is 0 Å². The zero-order valence-electron chi connectivity index (χ0n) is 10.0. The minimum absolute atomic E-state index is 0.213. The van der Waals surface area contributed by atoms with E-state index in [1.54, 1.807) is 12.1 Å². The molecule has 0 spiro atoms. The molecular weight excluding hydrogens is 204 g/mol. The van der Waals surface area contributed by atoms with E-state index in [1.807, 2.05) is 19.1 Å². The third-order valence-electron chi connectivity index (χ3n) is 2.12. The highest BCUT2D eigenvalue weighted by Crippen LogP contribution is 2.19. The first-order valence-corrected chi connectivity index (χ1v) is 5.57. The normalized spacial score (nSPS) is 11.9. The van der Waals surface area contributed by atoms with E-state index < -0.39 is 0 Å². The lowest BCUT2D eigenvalue weighted by molar-refractivity contribution is -0.131. The van der Waals surface area contributed by atoms with Crippen molar-refractivity contribution in [2.24, 2.45) is 0 Å². The Kier molecular flexibility index (Phi) is 4.83. The average Bonchev–Trinajstić information content (AvgIpc) is 2.20. The second kappa shape index (κ2) is 6.16. The molecule has 88 valence electrons. The number of ether oxygens (including phenoxy) is 2. The molecule has 0 N–H and O–H groups in total. The predicted octanol–water partition coefficient (Wildman–Crippen LogP) is 3.18. The highest BCUT2D eigenvalue weighted by molar-refractivity contribution is 5.69. The number of carbonyl (C=O) groups excluding carboxylic acids is 1. The van der Waals surface area contributed by atoms with Gasteiger partial charge in [-0.1, -0.05) is 13.3 Å². The summed E-state index contributed by atoms with van der Waals surface area (Å²) in [6.07, 6.45) is 2.35. The largest absolute Gasteiger partial charge is 0.491 e. The number of rotatable bonds is 5. The van der Waals surface area contributed by atoms with Crippen molar-refractivity contribution in [3.05, 3.63) is 24.3 Å². The predicted molar refractivity (Wildman–Crippen MR) is 62.7 cm³/mol. The second-order valence-electron chi connectivity index (χ2n) is 3.78. The fourth-order valence-electron chi connectivity index (χ4n) is 1.45. The van der Waals surface area contributed by atoms with Crippen LogP contribution in [0.5, 0.6) is 11.5 Å². The van der Waals surface area contributed by atoms with Gasteiger partial charge in [-0.25, -0.2) is 0 Å². The van der Waals surface area contributed by atoms with Crippen molar-refractivity contribution in [3.63, 3.8) is 0 Å². The molecule has 1 unspecified atom stereocenters. The molecule has 1 rings (SSSR count). The molecule has 0 amide bonds. The van der Waals surface area contributed by atoms with Gasteiger partial charge in [-0.15, -0.1) is 0 Å². The molecule has 0 bridgehead atoms. The Morgan fingerprint density at radius 1 is 1.25 bits per heavy atom.